The number of rotatable bonds is 5. The van der Waals surface area contributed by atoms with Crippen LogP contribution in [-0.4, -0.2) is 18.5 Å². The molecule has 0 aliphatic carbocycles. The van der Waals surface area contributed by atoms with Crippen molar-refractivity contribution in [2.75, 3.05) is 6.61 Å². The Hall–Kier alpha value is -2.79. The van der Waals surface area contributed by atoms with Crippen molar-refractivity contribution in [1.82, 2.24) is 5.32 Å². The van der Waals surface area contributed by atoms with Gasteiger partial charge in [0.1, 0.15) is 5.58 Å². The Kier molecular flexibility index (Phi) is 5.05. The van der Waals surface area contributed by atoms with Crippen molar-refractivity contribution >= 4 is 34.4 Å². The van der Waals surface area contributed by atoms with Gasteiger partial charge in [0.05, 0.1) is 0 Å². The molecule has 0 radical (unpaired) electrons. The van der Waals surface area contributed by atoms with Crippen molar-refractivity contribution in [2.24, 2.45) is 0 Å². The Morgan fingerprint density at radius 3 is 2.56 bits per heavy atom. The average Bonchev–Trinajstić information content (AvgIpc) is 2.96. The standard InChI is InChI=1S/C19H16ClNO4/c1-12-15-4-2-3-5-16(15)25-18(12)19(23)24-11-17(22)21-10-13-6-8-14(20)9-7-13/h2-9H,10-11H2,1H3,(H,21,22). The molecule has 128 valence electrons. The highest BCUT2D eigenvalue weighted by Crippen LogP contribution is 2.25. The van der Waals surface area contributed by atoms with E-state index in [2.05, 4.69) is 5.32 Å². The van der Waals surface area contributed by atoms with Gasteiger partial charge in [-0.2, -0.15) is 0 Å². The van der Waals surface area contributed by atoms with Gasteiger partial charge < -0.3 is 14.5 Å². The number of esters is 1. The summed E-state index contributed by atoms with van der Waals surface area (Å²) in [6, 6.07) is 14.4. The van der Waals surface area contributed by atoms with E-state index in [1.807, 2.05) is 30.3 Å². The zero-order valence-electron chi connectivity index (χ0n) is 13.5. The molecule has 6 heteroatoms. The molecule has 0 aliphatic heterocycles. The highest BCUT2D eigenvalue weighted by molar-refractivity contribution is 6.30. The number of furan rings is 1. The van der Waals surface area contributed by atoms with Gasteiger partial charge in [0.25, 0.3) is 5.91 Å². The molecule has 0 saturated carbocycles. The summed E-state index contributed by atoms with van der Waals surface area (Å²) in [6.45, 7) is 1.74. The lowest BCUT2D eigenvalue weighted by Crippen LogP contribution is -2.28. The predicted molar refractivity (Wildman–Crippen MR) is 94.5 cm³/mol. The number of ether oxygens (including phenoxy) is 1. The van der Waals surface area contributed by atoms with E-state index in [0.717, 1.165) is 10.9 Å². The molecular weight excluding hydrogens is 342 g/mol. The fourth-order valence-electron chi connectivity index (χ4n) is 2.42. The van der Waals surface area contributed by atoms with Crippen molar-refractivity contribution in [3.8, 4) is 0 Å². The van der Waals surface area contributed by atoms with Crippen LogP contribution in [0.1, 0.15) is 21.7 Å². The number of para-hydroxylation sites is 1. The van der Waals surface area contributed by atoms with Gasteiger partial charge in [-0.3, -0.25) is 4.79 Å². The third-order valence-corrected chi connectivity index (χ3v) is 4.02. The van der Waals surface area contributed by atoms with E-state index in [4.69, 9.17) is 20.8 Å². The molecule has 0 atom stereocenters. The SMILES string of the molecule is Cc1c(C(=O)OCC(=O)NCc2ccc(Cl)cc2)oc2ccccc12. The number of amides is 1. The van der Waals surface area contributed by atoms with Crippen molar-refractivity contribution in [3.05, 3.63) is 70.4 Å². The lowest BCUT2D eigenvalue weighted by Gasteiger charge is -2.06. The minimum atomic E-state index is -0.657. The van der Waals surface area contributed by atoms with Crippen LogP contribution in [0.25, 0.3) is 11.0 Å². The third-order valence-electron chi connectivity index (χ3n) is 3.77. The predicted octanol–water partition coefficient (Wildman–Crippen LogP) is 3.87. The van der Waals surface area contributed by atoms with Gasteiger partial charge in [-0.25, -0.2) is 4.79 Å². The van der Waals surface area contributed by atoms with Gasteiger partial charge in [0.2, 0.25) is 5.76 Å². The third kappa shape index (κ3) is 4.00. The van der Waals surface area contributed by atoms with Gasteiger partial charge >= 0.3 is 5.97 Å². The molecule has 0 unspecified atom stereocenters. The number of hydrogen-bond donors (Lipinski definition) is 1. The normalized spacial score (nSPS) is 10.6. The largest absolute Gasteiger partial charge is 0.450 e. The quantitative estimate of drug-likeness (QED) is 0.704. The van der Waals surface area contributed by atoms with Gasteiger partial charge in [0.15, 0.2) is 6.61 Å². The molecule has 1 N–H and O–H groups in total. The molecule has 2 aromatic carbocycles. The Morgan fingerprint density at radius 1 is 1.12 bits per heavy atom. The minimum Gasteiger partial charge on any atom is -0.450 e. The zero-order valence-corrected chi connectivity index (χ0v) is 14.3. The first-order valence-electron chi connectivity index (χ1n) is 7.71. The fraction of sp³-hybridized carbons (Fsp3) is 0.158. The van der Waals surface area contributed by atoms with Crippen LogP contribution in [0.5, 0.6) is 0 Å². The first-order valence-corrected chi connectivity index (χ1v) is 8.09. The first-order chi connectivity index (χ1) is 12.0. The van der Waals surface area contributed by atoms with Crippen LogP contribution >= 0.6 is 11.6 Å². The van der Waals surface area contributed by atoms with Gasteiger partial charge in [0, 0.05) is 22.5 Å². The van der Waals surface area contributed by atoms with E-state index in [1.54, 1.807) is 25.1 Å². The second-order valence-corrected chi connectivity index (χ2v) is 5.97. The van der Waals surface area contributed by atoms with Crippen LogP contribution in [0, 0.1) is 6.92 Å². The van der Waals surface area contributed by atoms with Crippen molar-refractivity contribution < 1.29 is 18.7 Å². The zero-order chi connectivity index (χ0) is 17.8. The van der Waals surface area contributed by atoms with Crippen LogP contribution in [0.2, 0.25) is 5.02 Å². The van der Waals surface area contributed by atoms with Crippen molar-refractivity contribution in [1.29, 1.82) is 0 Å². The molecule has 25 heavy (non-hydrogen) atoms. The highest BCUT2D eigenvalue weighted by Gasteiger charge is 2.19. The topological polar surface area (TPSA) is 68.5 Å². The van der Waals surface area contributed by atoms with Crippen molar-refractivity contribution in [2.45, 2.75) is 13.5 Å². The summed E-state index contributed by atoms with van der Waals surface area (Å²) in [6.07, 6.45) is 0. The molecular formula is C19H16ClNO4. The van der Waals surface area contributed by atoms with Crippen LogP contribution in [0.4, 0.5) is 0 Å². The summed E-state index contributed by atoms with van der Waals surface area (Å²) in [5, 5.41) is 4.16. The molecule has 0 saturated heterocycles. The van der Waals surface area contributed by atoms with Gasteiger partial charge in [-0.15, -0.1) is 0 Å². The second kappa shape index (κ2) is 7.40. The second-order valence-electron chi connectivity index (χ2n) is 5.53. The molecule has 3 aromatic rings. The summed E-state index contributed by atoms with van der Waals surface area (Å²) in [4.78, 5) is 24.0. The van der Waals surface area contributed by atoms with E-state index in [0.29, 0.717) is 22.7 Å². The summed E-state index contributed by atoms with van der Waals surface area (Å²) in [5.74, 6) is -0.931. The van der Waals surface area contributed by atoms with E-state index in [1.165, 1.54) is 0 Å². The summed E-state index contributed by atoms with van der Waals surface area (Å²) in [7, 11) is 0. The first kappa shape index (κ1) is 17.0. The Bertz CT molecular complexity index is 915. The number of benzene rings is 2. The maximum Gasteiger partial charge on any atom is 0.375 e. The highest BCUT2D eigenvalue weighted by atomic mass is 35.5. The summed E-state index contributed by atoms with van der Waals surface area (Å²) < 4.78 is 10.6. The number of aryl methyl sites for hydroxylation is 1. The minimum absolute atomic E-state index is 0.117. The molecule has 1 heterocycles. The molecule has 0 spiro atoms. The Balaban J connectivity index is 1.55. The number of hydrogen-bond acceptors (Lipinski definition) is 4. The van der Waals surface area contributed by atoms with E-state index in [9.17, 15) is 9.59 Å². The number of carbonyl (C=O) groups excluding carboxylic acids is 2. The lowest BCUT2D eigenvalue weighted by atomic mass is 10.1. The smallest absolute Gasteiger partial charge is 0.375 e. The Labute approximate surface area is 149 Å². The molecule has 1 aromatic heterocycles. The summed E-state index contributed by atoms with van der Waals surface area (Å²) >= 11 is 5.81. The van der Waals surface area contributed by atoms with Crippen molar-refractivity contribution in [3.63, 3.8) is 0 Å². The number of fused-ring (bicyclic) bond motifs is 1. The van der Waals surface area contributed by atoms with Crippen LogP contribution in [-0.2, 0) is 16.1 Å². The van der Waals surface area contributed by atoms with E-state index in [-0.39, 0.29) is 12.4 Å². The maximum atomic E-state index is 12.1. The van der Waals surface area contributed by atoms with Crippen LogP contribution in [0.15, 0.2) is 52.9 Å². The molecule has 5 nitrogen and oxygen atoms in total. The maximum absolute atomic E-state index is 12.1. The fourth-order valence-corrected chi connectivity index (χ4v) is 2.55. The number of carbonyl (C=O) groups is 2. The van der Waals surface area contributed by atoms with Crippen LogP contribution < -0.4 is 5.32 Å². The molecule has 0 aliphatic rings. The molecule has 0 fully saturated rings. The van der Waals surface area contributed by atoms with Gasteiger partial charge in [-0.1, -0.05) is 41.9 Å². The van der Waals surface area contributed by atoms with Gasteiger partial charge in [-0.05, 0) is 30.7 Å². The van der Waals surface area contributed by atoms with E-state index < -0.39 is 11.9 Å². The monoisotopic (exact) mass is 357 g/mol. The molecule has 3 rings (SSSR count). The number of nitrogens with one attached hydrogen (secondary N) is 1. The Morgan fingerprint density at radius 2 is 1.84 bits per heavy atom. The van der Waals surface area contributed by atoms with Crippen LogP contribution in [0.3, 0.4) is 0 Å². The van der Waals surface area contributed by atoms with E-state index >= 15 is 0 Å². The lowest BCUT2D eigenvalue weighted by molar-refractivity contribution is -0.124. The molecule has 0 bridgehead atoms. The number of halogens is 1. The molecule has 1 amide bonds. The summed E-state index contributed by atoms with van der Waals surface area (Å²) in [5.41, 5.74) is 2.21. The average molecular weight is 358 g/mol.